The van der Waals surface area contributed by atoms with Gasteiger partial charge in [-0.3, -0.25) is 9.11 Å². The first-order valence-electron chi connectivity index (χ1n) is 14.4. The second-order valence-corrected chi connectivity index (χ2v) is 17.9. The molecule has 1 heterocycles. The van der Waals surface area contributed by atoms with Crippen LogP contribution >= 0.6 is 11.6 Å². The van der Waals surface area contributed by atoms with E-state index in [-0.39, 0.29) is 63.1 Å². The first-order valence-corrected chi connectivity index (χ1v) is 21.1. The van der Waals surface area contributed by atoms with E-state index in [1.807, 2.05) is 0 Å². The molecule has 0 spiro atoms. The van der Waals surface area contributed by atoms with Crippen molar-refractivity contribution in [1.29, 1.82) is 0 Å². The van der Waals surface area contributed by atoms with E-state index >= 15 is 0 Å². The average molecular weight is 824 g/mol. The summed E-state index contributed by atoms with van der Waals surface area (Å²) in [5.74, 6) is -2.32. The van der Waals surface area contributed by atoms with E-state index in [1.54, 1.807) is 0 Å². The average Bonchev–Trinajstić information content (AvgIpc) is 3.04. The molecule has 0 fully saturated rings. The maximum Gasteiger partial charge on any atom is 0.397 e. The molecule has 3 aromatic carbocycles. The van der Waals surface area contributed by atoms with Crippen LogP contribution in [0, 0.1) is 0 Å². The van der Waals surface area contributed by atoms with E-state index in [0.717, 1.165) is 6.07 Å². The van der Waals surface area contributed by atoms with Gasteiger partial charge in [0.1, 0.15) is 10.6 Å². The van der Waals surface area contributed by atoms with Crippen molar-refractivity contribution in [1.82, 2.24) is 15.0 Å². The molecule has 282 valence electrons. The van der Waals surface area contributed by atoms with Gasteiger partial charge in [0.05, 0.1) is 41.1 Å². The van der Waals surface area contributed by atoms with E-state index < -0.39 is 74.6 Å². The number of hydrogen-bond acceptors (Lipinski definition) is 18. The summed E-state index contributed by atoms with van der Waals surface area (Å²) in [6.07, 6.45) is 0. The summed E-state index contributed by atoms with van der Waals surface area (Å²) < 4.78 is 123. The summed E-state index contributed by atoms with van der Waals surface area (Å²) in [5, 5.41) is 21.5. The van der Waals surface area contributed by atoms with E-state index in [1.165, 1.54) is 61.5 Å². The monoisotopic (exact) mass is 823 g/mol. The predicted molar refractivity (Wildman–Crippen MR) is 188 cm³/mol. The number of ether oxygens (including phenoxy) is 1. The van der Waals surface area contributed by atoms with Crippen molar-refractivity contribution in [2.45, 2.75) is 9.79 Å². The zero-order chi connectivity index (χ0) is 38.5. The molecule has 0 atom stereocenters. The molecule has 20 nitrogen and oxygen atoms in total. The minimum atomic E-state index is -5.00. The fourth-order valence-corrected chi connectivity index (χ4v) is 7.83. The lowest BCUT2D eigenvalue weighted by Crippen LogP contribution is -2.29. The Morgan fingerprint density at radius 3 is 2.29 bits per heavy atom. The summed E-state index contributed by atoms with van der Waals surface area (Å²) in [7, 11) is -14.6. The number of phenolic OH excluding ortho intramolecular Hbond substituents is 1. The number of nitrogens with zero attached hydrogens (tertiary/aromatic N) is 6. The highest BCUT2D eigenvalue weighted by atomic mass is 35.5. The quantitative estimate of drug-likeness (QED) is 0.0879. The molecule has 4 aromatic rings. The van der Waals surface area contributed by atoms with Crippen molar-refractivity contribution >= 4 is 91.5 Å². The van der Waals surface area contributed by atoms with Crippen molar-refractivity contribution in [3.8, 4) is 5.75 Å². The van der Waals surface area contributed by atoms with E-state index in [0.29, 0.717) is 0 Å². The third kappa shape index (κ3) is 11.2. The number of phenols is 1. The highest BCUT2D eigenvalue weighted by molar-refractivity contribution is 7.91. The van der Waals surface area contributed by atoms with Gasteiger partial charge in [-0.05, 0) is 59.5 Å². The van der Waals surface area contributed by atoms with Crippen LogP contribution in [0.2, 0.25) is 5.28 Å². The molecule has 0 saturated heterocycles. The number of methoxy groups -OCH3 is 1. The van der Waals surface area contributed by atoms with Crippen LogP contribution in [-0.2, 0) is 49.1 Å². The lowest BCUT2D eigenvalue weighted by Gasteiger charge is -2.18. The summed E-state index contributed by atoms with van der Waals surface area (Å²) >= 11 is 6.06. The number of hydrogen-bond donors (Lipinski definition) is 4. The van der Waals surface area contributed by atoms with Crippen molar-refractivity contribution in [3.63, 3.8) is 0 Å². The number of aromatic hydroxyl groups is 1. The number of benzene rings is 3. The second-order valence-electron chi connectivity index (χ2n) is 10.7. The van der Waals surface area contributed by atoms with Gasteiger partial charge >= 0.3 is 10.4 Å². The lowest BCUT2D eigenvalue weighted by molar-refractivity contribution is 0.217. The molecular formula is C27H30ClN7O13S4. The van der Waals surface area contributed by atoms with Crippen molar-refractivity contribution in [2.24, 2.45) is 10.2 Å². The number of rotatable bonds is 17. The van der Waals surface area contributed by atoms with Crippen LogP contribution in [0.5, 0.6) is 5.75 Å². The van der Waals surface area contributed by atoms with Gasteiger partial charge in [-0.1, -0.05) is 6.07 Å². The maximum absolute atomic E-state index is 12.5. The number of aromatic nitrogens is 3. The molecule has 0 saturated carbocycles. The van der Waals surface area contributed by atoms with Crippen LogP contribution in [0.1, 0.15) is 0 Å². The highest BCUT2D eigenvalue weighted by Gasteiger charge is 2.23. The lowest BCUT2D eigenvalue weighted by atomic mass is 10.1. The van der Waals surface area contributed by atoms with Gasteiger partial charge in [0.2, 0.25) is 17.2 Å². The Balaban J connectivity index is 1.59. The number of azo groups is 1. The summed E-state index contributed by atoms with van der Waals surface area (Å²) in [4.78, 5) is 12.6. The van der Waals surface area contributed by atoms with Gasteiger partial charge in [-0.25, -0.2) is 21.0 Å². The third-order valence-corrected chi connectivity index (χ3v) is 11.7. The number of halogens is 1. The largest absolute Gasteiger partial charge is 0.505 e. The van der Waals surface area contributed by atoms with E-state index in [4.69, 9.17) is 20.9 Å². The Morgan fingerprint density at radius 1 is 0.885 bits per heavy atom. The molecule has 0 aliphatic carbocycles. The Kier molecular flexibility index (Phi) is 12.7. The fraction of sp³-hybridized carbons (Fsp3) is 0.296. The number of sulfone groups is 2. The predicted octanol–water partition coefficient (Wildman–Crippen LogP) is 2.88. The minimum absolute atomic E-state index is 0.00625. The molecule has 0 aliphatic rings. The van der Waals surface area contributed by atoms with E-state index in [9.17, 15) is 43.3 Å². The standard InChI is InChI=1S/C27H30ClN7O13S4/c1-35(8-11-49(37,38)12-10-48-52(44,45)46)27-31-25(28)30-26(32-27)29-18-6-7-21-17(14-18)15-22(51(41,42)43)23(24(21)36)34-33-19-4-3-5-20(16-19)50(39,40)13-9-47-2/h3-7,14-16,36H,8-13H2,1-2H3,(H,41,42,43)(H,44,45,46)(H,29,30,31,32). The Labute approximate surface area is 303 Å². The van der Waals surface area contributed by atoms with Gasteiger partial charge < -0.3 is 20.1 Å². The first-order chi connectivity index (χ1) is 24.2. The van der Waals surface area contributed by atoms with Crippen LogP contribution in [0.4, 0.5) is 29.0 Å². The summed E-state index contributed by atoms with van der Waals surface area (Å²) in [6, 6.07) is 10.6. The topological polar surface area (TPSA) is 294 Å². The van der Waals surface area contributed by atoms with Crippen LogP contribution in [0.3, 0.4) is 0 Å². The Hall–Kier alpha value is -4.14. The van der Waals surface area contributed by atoms with Crippen LogP contribution in [-0.4, -0.2) is 114 Å². The molecule has 4 N–H and O–H groups in total. The van der Waals surface area contributed by atoms with Crippen molar-refractivity contribution < 1.29 is 56.8 Å². The van der Waals surface area contributed by atoms with Gasteiger partial charge in [0, 0.05) is 31.8 Å². The van der Waals surface area contributed by atoms with Gasteiger partial charge in [-0.15, -0.1) is 5.11 Å². The van der Waals surface area contributed by atoms with Crippen LogP contribution in [0.15, 0.2) is 68.6 Å². The maximum atomic E-state index is 12.5. The molecule has 0 amide bonds. The number of anilines is 3. The van der Waals surface area contributed by atoms with E-state index in [2.05, 4.69) is 34.7 Å². The second kappa shape index (κ2) is 16.3. The smallest absolute Gasteiger partial charge is 0.397 e. The van der Waals surface area contributed by atoms with Crippen LogP contribution < -0.4 is 10.2 Å². The van der Waals surface area contributed by atoms with Gasteiger partial charge in [-0.2, -0.15) is 36.9 Å². The zero-order valence-electron chi connectivity index (χ0n) is 27.0. The number of fused-ring (bicyclic) bond motifs is 1. The third-order valence-electron chi connectivity index (χ3n) is 6.89. The SMILES string of the molecule is COCCS(=O)(=O)c1cccc(N=Nc2c(S(=O)(=O)O)cc3cc(Nc4nc(Cl)nc(N(C)CCS(=O)(=O)CCOS(=O)(=O)O)n4)ccc3c2O)c1. The molecule has 0 bridgehead atoms. The van der Waals surface area contributed by atoms with Crippen molar-refractivity contribution in [3.05, 3.63) is 53.8 Å². The summed E-state index contributed by atoms with van der Waals surface area (Å²) in [5.41, 5.74) is -0.369. The minimum Gasteiger partial charge on any atom is -0.505 e. The Morgan fingerprint density at radius 2 is 1.62 bits per heavy atom. The first kappa shape index (κ1) is 40.6. The molecule has 25 heteroatoms. The number of nitrogens with one attached hydrogen (secondary N) is 1. The molecular weight excluding hydrogens is 794 g/mol. The fourth-order valence-electron chi connectivity index (χ4n) is 4.32. The molecule has 0 aliphatic heterocycles. The van der Waals surface area contributed by atoms with Crippen LogP contribution in [0.25, 0.3) is 10.8 Å². The summed E-state index contributed by atoms with van der Waals surface area (Å²) in [6.45, 7) is -0.996. The highest BCUT2D eigenvalue weighted by Crippen LogP contribution is 2.42. The molecule has 52 heavy (non-hydrogen) atoms. The van der Waals surface area contributed by atoms with Gasteiger partial charge in [0.15, 0.2) is 25.4 Å². The van der Waals surface area contributed by atoms with Crippen molar-refractivity contribution in [2.75, 3.05) is 61.4 Å². The Bertz CT molecular complexity index is 2450. The van der Waals surface area contributed by atoms with Gasteiger partial charge in [0.25, 0.3) is 10.1 Å². The molecule has 0 unspecified atom stereocenters. The molecule has 1 aromatic heterocycles. The zero-order valence-corrected chi connectivity index (χ0v) is 31.0. The molecule has 0 radical (unpaired) electrons. The normalized spacial score (nSPS) is 12.8. The molecule has 4 rings (SSSR count).